The summed E-state index contributed by atoms with van der Waals surface area (Å²) in [5, 5.41) is 0. The van der Waals surface area contributed by atoms with E-state index in [2.05, 4.69) is 4.98 Å². The summed E-state index contributed by atoms with van der Waals surface area (Å²) in [6.07, 6.45) is 7.79. The molecule has 2 rings (SSSR count). The van der Waals surface area contributed by atoms with E-state index in [1.54, 1.807) is 12.3 Å². The molecule has 0 aliphatic heterocycles. The topological polar surface area (TPSA) is 38.9 Å². The van der Waals surface area contributed by atoms with E-state index < -0.39 is 0 Å². The molecule has 0 saturated heterocycles. The highest BCUT2D eigenvalue weighted by Gasteiger charge is 2.25. The fraction of sp³-hybridized carbons (Fsp3) is 0.583. The summed E-state index contributed by atoms with van der Waals surface area (Å²) in [5.74, 6) is 0.670. The van der Waals surface area contributed by atoms with Crippen molar-refractivity contribution in [2.75, 3.05) is 6.54 Å². The van der Waals surface area contributed by atoms with E-state index >= 15 is 0 Å². The maximum absolute atomic E-state index is 13.1. The molecule has 0 aromatic carbocycles. The predicted octanol–water partition coefficient (Wildman–Crippen LogP) is 2.45. The van der Waals surface area contributed by atoms with Crippen molar-refractivity contribution in [1.29, 1.82) is 0 Å². The largest absolute Gasteiger partial charge is 0.330 e. The van der Waals surface area contributed by atoms with Crippen LogP contribution in [0.3, 0.4) is 0 Å². The standard InChI is InChI=1S/C12H17FN2/c13-11-5-10(7-15-8-11)12-4-2-1-3-9(12)6-14/h5,7-9,12H,1-4,6,14H2. The molecule has 1 heterocycles. The molecule has 2 nitrogen and oxygen atoms in total. The summed E-state index contributed by atoms with van der Waals surface area (Å²) in [5.41, 5.74) is 6.77. The molecule has 2 N–H and O–H groups in total. The van der Waals surface area contributed by atoms with Crippen molar-refractivity contribution in [3.63, 3.8) is 0 Å². The van der Waals surface area contributed by atoms with Gasteiger partial charge in [-0.1, -0.05) is 12.8 Å². The molecule has 1 aliphatic rings. The van der Waals surface area contributed by atoms with Gasteiger partial charge in [0.2, 0.25) is 0 Å². The molecule has 1 aromatic rings. The van der Waals surface area contributed by atoms with Crippen molar-refractivity contribution in [1.82, 2.24) is 4.98 Å². The molecule has 0 bridgehead atoms. The van der Waals surface area contributed by atoms with E-state index in [4.69, 9.17) is 5.73 Å². The average Bonchev–Trinajstić information content (AvgIpc) is 2.29. The molecule has 2 atom stereocenters. The highest BCUT2D eigenvalue weighted by Crippen LogP contribution is 2.36. The minimum absolute atomic E-state index is 0.242. The lowest BCUT2D eigenvalue weighted by atomic mass is 9.76. The first kappa shape index (κ1) is 10.6. The van der Waals surface area contributed by atoms with Gasteiger partial charge in [0, 0.05) is 6.20 Å². The highest BCUT2D eigenvalue weighted by atomic mass is 19.1. The zero-order valence-corrected chi connectivity index (χ0v) is 8.82. The van der Waals surface area contributed by atoms with Crippen LogP contribution < -0.4 is 5.73 Å². The minimum Gasteiger partial charge on any atom is -0.330 e. The molecule has 1 saturated carbocycles. The molecule has 2 unspecified atom stereocenters. The Morgan fingerprint density at radius 2 is 2.13 bits per heavy atom. The first-order valence-corrected chi connectivity index (χ1v) is 5.62. The third-order valence-electron chi connectivity index (χ3n) is 3.37. The van der Waals surface area contributed by atoms with E-state index in [1.807, 2.05) is 0 Å². The van der Waals surface area contributed by atoms with Gasteiger partial charge in [0.25, 0.3) is 0 Å². The van der Waals surface area contributed by atoms with Crippen LogP contribution in [0, 0.1) is 11.7 Å². The molecule has 82 valence electrons. The van der Waals surface area contributed by atoms with E-state index in [1.165, 1.54) is 19.0 Å². The monoisotopic (exact) mass is 208 g/mol. The Bertz CT molecular complexity index is 327. The van der Waals surface area contributed by atoms with Gasteiger partial charge in [0.1, 0.15) is 5.82 Å². The molecule has 0 radical (unpaired) electrons. The Balaban J connectivity index is 2.20. The fourth-order valence-electron chi connectivity index (χ4n) is 2.56. The number of rotatable bonds is 2. The number of nitrogens with zero attached hydrogens (tertiary/aromatic N) is 1. The van der Waals surface area contributed by atoms with Crippen LogP contribution in [0.2, 0.25) is 0 Å². The highest BCUT2D eigenvalue weighted by molar-refractivity contribution is 5.17. The van der Waals surface area contributed by atoms with Crippen LogP contribution in [0.25, 0.3) is 0 Å². The summed E-state index contributed by atoms with van der Waals surface area (Å²) in [6.45, 7) is 0.696. The van der Waals surface area contributed by atoms with Crippen LogP contribution in [0.1, 0.15) is 37.2 Å². The Morgan fingerprint density at radius 1 is 1.33 bits per heavy atom. The van der Waals surface area contributed by atoms with Gasteiger partial charge in [-0.3, -0.25) is 4.98 Å². The minimum atomic E-state index is -0.242. The van der Waals surface area contributed by atoms with Crippen LogP contribution in [-0.4, -0.2) is 11.5 Å². The second kappa shape index (κ2) is 4.71. The molecule has 1 fully saturated rings. The lowest BCUT2D eigenvalue weighted by Gasteiger charge is -2.30. The first-order valence-electron chi connectivity index (χ1n) is 5.62. The molecule has 3 heteroatoms. The van der Waals surface area contributed by atoms with Crippen LogP contribution in [0.4, 0.5) is 4.39 Å². The van der Waals surface area contributed by atoms with Gasteiger partial charge in [-0.15, -0.1) is 0 Å². The summed E-state index contributed by atoms with van der Waals surface area (Å²) < 4.78 is 13.1. The SMILES string of the molecule is NCC1CCCCC1c1cncc(F)c1. The van der Waals surface area contributed by atoms with Crippen molar-refractivity contribution in [2.24, 2.45) is 11.7 Å². The second-order valence-corrected chi connectivity index (χ2v) is 4.32. The summed E-state index contributed by atoms with van der Waals surface area (Å²) in [4.78, 5) is 3.91. The fourth-order valence-corrected chi connectivity index (χ4v) is 2.56. The lowest BCUT2D eigenvalue weighted by Crippen LogP contribution is -2.25. The Hall–Kier alpha value is -0.960. The zero-order valence-electron chi connectivity index (χ0n) is 8.82. The van der Waals surface area contributed by atoms with Gasteiger partial charge in [0.15, 0.2) is 0 Å². The third-order valence-corrected chi connectivity index (χ3v) is 3.37. The maximum Gasteiger partial charge on any atom is 0.141 e. The van der Waals surface area contributed by atoms with Crippen LogP contribution in [0.5, 0.6) is 0 Å². The molecule has 1 aliphatic carbocycles. The summed E-state index contributed by atoms with van der Waals surface area (Å²) in [7, 11) is 0. The normalized spacial score (nSPS) is 26.5. The maximum atomic E-state index is 13.1. The van der Waals surface area contributed by atoms with Gasteiger partial charge in [-0.25, -0.2) is 4.39 Å². The molecule has 15 heavy (non-hydrogen) atoms. The lowest BCUT2D eigenvalue weighted by molar-refractivity contribution is 0.313. The van der Waals surface area contributed by atoms with Gasteiger partial charge in [0.05, 0.1) is 6.20 Å². The van der Waals surface area contributed by atoms with Crippen molar-refractivity contribution < 1.29 is 4.39 Å². The average molecular weight is 208 g/mol. The van der Waals surface area contributed by atoms with E-state index in [0.29, 0.717) is 18.4 Å². The van der Waals surface area contributed by atoms with E-state index in [-0.39, 0.29) is 5.82 Å². The number of aromatic nitrogens is 1. The molecule has 0 amide bonds. The van der Waals surface area contributed by atoms with Gasteiger partial charge >= 0.3 is 0 Å². The van der Waals surface area contributed by atoms with Crippen molar-refractivity contribution >= 4 is 0 Å². The van der Waals surface area contributed by atoms with E-state index in [0.717, 1.165) is 18.4 Å². The number of hydrogen-bond acceptors (Lipinski definition) is 2. The number of hydrogen-bond donors (Lipinski definition) is 1. The quantitative estimate of drug-likeness (QED) is 0.810. The third kappa shape index (κ3) is 2.34. The molecular formula is C12H17FN2. The number of halogens is 1. The molecule has 1 aromatic heterocycles. The van der Waals surface area contributed by atoms with E-state index in [9.17, 15) is 4.39 Å². The smallest absolute Gasteiger partial charge is 0.141 e. The molecule has 0 spiro atoms. The van der Waals surface area contributed by atoms with Crippen LogP contribution >= 0.6 is 0 Å². The number of nitrogens with two attached hydrogens (primary N) is 1. The van der Waals surface area contributed by atoms with Crippen molar-refractivity contribution in [3.05, 3.63) is 29.8 Å². The van der Waals surface area contributed by atoms with Crippen molar-refractivity contribution in [3.8, 4) is 0 Å². The zero-order chi connectivity index (χ0) is 10.7. The summed E-state index contributed by atoms with van der Waals surface area (Å²) in [6, 6.07) is 1.60. The first-order chi connectivity index (χ1) is 7.31. The van der Waals surface area contributed by atoms with Crippen LogP contribution in [-0.2, 0) is 0 Å². The van der Waals surface area contributed by atoms with Gasteiger partial charge in [-0.05, 0) is 42.9 Å². The Morgan fingerprint density at radius 3 is 2.87 bits per heavy atom. The second-order valence-electron chi connectivity index (χ2n) is 4.32. The van der Waals surface area contributed by atoms with Crippen molar-refractivity contribution in [2.45, 2.75) is 31.6 Å². The Labute approximate surface area is 89.7 Å². The molecular weight excluding hydrogens is 191 g/mol. The van der Waals surface area contributed by atoms with Gasteiger partial charge < -0.3 is 5.73 Å². The van der Waals surface area contributed by atoms with Crippen LogP contribution in [0.15, 0.2) is 18.5 Å². The van der Waals surface area contributed by atoms with Gasteiger partial charge in [-0.2, -0.15) is 0 Å². The number of pyridine rings is 1. The predicted molar refractivity (Wildman–Crippen MR) is 57.9 cm³/mol. The summed E-state index contributed by atoms with van der Waals surface area (Å²) >= 11 is 0. The Kier molecular flexibility index (Phi) is 3.31.